The number of amides is 1. The zero-order chi connectivity index (χ0) is 19.6. The number of hydrogen-bond acceptors (Lipinski definition) is 6. The van der Waals surface area contributed by atoms with E-state index < -0.39 is 11.9 Å². The van der Waals surface area contributed by atoms with E-state index in [4.69, 9.17) is 4.84 Å². The first kappa shape index (κ1) is 18.7. The van der Waals surface area contributed by atoms with Crippen LogP contribution in [-0.4, -0.2) is 16.9 Å². The highest BCUT2D eigenvalue weighted by atomic mass is 16.7. The van der Waals surface area contributed by atoms with E-state index in [1.165, 1.54) is 18.5 Å². The number of hydrogen-bond donors (Lipinski definition) is 1. The molecule has 3 aromatic rings. The standard InChI is InChI=1S/C21H16N4O3/c26-20(11-6-16-4-2-1-3-5-16)28-25-19-9-7-18(8-10-19)23-24-21(27)17-12-14-22-15-13-17/h1-15,25H. The first-order valence-electron chi connectivity index (χ1n) is 8.37. The van der Waals surface area contributed by atoms with E-state index in [-0.39, 0.29) is 0 Å². The van der Waals surface area contributed by atoms with Crippen LogP contribution in [-0.2, 0) is 9.63 Å². The topological polar surface area (TPSA) is 93.0 Å². The van der Waals surface area contributed by atoms with E-state index in [1.54, 1.807) is 42.5 Å². The highest BCUT2D eigenvalue weighted by Crippen LogP contribution is 2.17. The van der Waals surface area contributed by atoms with Gasteiger partial charge in [0.2, 0.25) is 0 Å². The summed E-state index contributed by atoms with van der Waals surface area (Å²) < 4.78 is 0. The van der Waals surface area contributed by atoms with Gasteiger partial charge in [0, 0.05) is 24.0 Å². The third kappa shape index (κ3) is 5.70. The molecule has 138 valence electrons. The van der Waals surface area contributed by atoms with Crippen LogP contribution in [0.5, 0.6) is 0 Å². The lowest BCUT2D eigenvalue weighted by molar-refractivity contribution is -0.134. The highest BCUT2D eigenvalue weighted by molar-refractivity contribution is 5.94. The summed E-state index contributed by atoms with van der Waals surface area (Å²) in [4.78, 5) is 32.4. The second kappa shape index (κ2) is 9.54. The number of rotatable bonds is 6. The van der Waals surface area contributed by atoms with E-state index in [9.17, 15) is 9.59 Å². The number of aromatic nitrogens is 1. The SMILES string of the molecule is O=C(C=Cc1ccccc1)ONc1ccc(N=NC(=O)c2ccncc2)cc1. The minimum Gasteiger partial charge on any atom is -0.339 e. The first-order chi connectivity index (χ1) is 13.7. The number of nitrogens with zero attached hydrogens (tertiary/aromatic N) is 3. The van der Waals surface area contributed by atoms with Crippen molar-refractivity contribution in [2.24, 2.45) is 10.2 Å². The van der Waals surface area contributed by atoms with Crippen LogP contribution in [0.4, 0.5) is 11.4 Å². The maximum atomic E-state index is 11.9. The molecule has 28 heavy (non-hydrogen) atoms. The molecule has 2 aromatic carbocycles. The number of anilines is 1. The summed E-state index contributed by atoms with van der Waals surface area (Å²) in [6.45, 7) is 0. The maximum Gasteiger partial charge on any atom is 0.355 e. The molecule has 0 atom stereocenters. The second-order valence-electron chi connectivity index (χ2n) is 5.56. The van der Waals surface area contributed by atoms with E-state index in [0.717, 1.165) is 5.56 Å². The van der Waals surface area contributed by atoms with Crippen molar-refractivity contribution in [3.05, 3.63) is 96.3 Å². The third-order valence-corrected chi connectivity index (χ3v) is 3.53. The zero-order valence-corrected chi connectivity index (χ0v) is 14.7. The molecule has 7 nitrogen and oxygen atoms in total. The number of pyridine rings is 1. The van der Waals surface area contributed by atoms with Crippen LogP contribution in [0, 0.1) is 0 Å². The van der Waals surface area contributed by atoms with Crippen LogP contribution in [0.15, 0.2) is 95.4 Å². The Kier molecular flexibility index (Phi) is 6.35. The third-order valence-electron chi connectivity index (χ3n) is 3.53. The van der Waals surface area contributed by atoms with Crippen molar-refractivity contribution in [2.45, 2.75) is 0 Å². The molecule has 1 amide bonds. The molecule has 0 saturated carbocycles. The van der Waals surface area contributed by atoms with Gasteiger partial charge in [-0.15, -0.1) is 10.2 Å². The Morgan fingerprint density at radius 2 is 1.64 bits per heavy atom. The first-order valence-corrected chi connectivity index (χ1v) is 8.37. The Morgan fingerprint density at radius 1 is 0.929 bits per heavy atom. The largest absolute Gasteiger partial charge is 0.355 e. The number of nitrogens with one attached hydrogen (secondary N) is 1. The minimum absolute atomic E-state index is 0.410. The molecule has 1 heterocycles. The average molecular weight is 372 g/mol. The predicted octanol–water partition coefficient (Wildman–Crippen LogP) is 4.59. The Bertz CT molecular complexity index is 985. The van der Waals surface area contributed by atoms with Crippen LogP contribution in [0.2, 0.25) is 0 Å². The molecule has 1 N–H and O–H groups in total. The van der Waals surface area contributed by atoms with Gasteiger partial charge in [-0.3, -0.25) is 9.78 Å². The van der Waals surface area contributed by atoms with Crippen LogP contribution >= 0.6 is 0 Å². The van der Waals surface area contributed by atoms with Gasteiger partial charge in [0.25, 0.3) is 5.91 Å². The summed E-state index contributed by atoms with van der Waals surface area (Å²) in [6, 6.07) is 19.1. The predicted molar refractivity (Wildman–Crippen MR) is 105 cm³/mol. The molecule has 3 rings (SSSR count). The summed E-state index contributed by atoms with van der Waals surface area (Å²) in [5.41, 5.74) is 4.91. The summed E-state index contributed by atoms with van der Waals surface area (Å²) in [5, 5.41) is 7.56. The fourth-order valence-electron chi connectivity index (χ4n) is 2.12. The van der Waals surface area contributed by atoms with Crippen LogP contribution < -0.4 is 5.48 Å². The molecular weight excluding hydrogens is 356 g/mol. The summed E-state index contributed by atoms with van der Waals surface area (Å²) in [7, 11) is 0. The lowest BCUT2D eigenvalue weighted by atomic mass is 10.2. The van der Waals surface area contributed by atoms with E-state index in [2.05, 4.69) is 20.7 Å². The lowest BCUT2D eigenvalue weighted by Crippen LogP contribution is -2.07. The Labute approximate surface area is 161 Å². The van der Waals surface area contributed by atoms with Gasteiger partial charge < -0.3 is 4.84 Å². The highest BCUT2D eigenvalue weighted by Gasteiger charge is 2.03. The molecule has 0 bridgehead atoms. The Hall–Kier alpha value is -4.13. The molecule has 0 aliphatic heterocycles. The molecule has 0 radical (unpaired) electrons. The van der Waals surface area contributed by atoms with Crippen molar-refractivity contribution in [1.29, 1.82) is 0 Å². The summed E-state index contributed by atoms with van der Waals surface area (Å²) in [5.74, 6) is -0.987. The minimum atomic E-state index is -0.532. The van der Waals surface area contributed by atoms with Crippen molar-refractivity contribution in [2.75, 3.05) is 5.48 Å². The van der Waals surface area contributed by atoms with Gasteiger partial charge in [-0.2, -0.15) is 0 Å². The summed E-state index contributed by atoms with van der Waals surface area (Å²) in [6.07, 6.45) is 6.02. The van der Waals surface area contributed by atoms with Gasteiger partial charge in [-0.1, -0.05) is 30.3 Å². The number of carbonyl (C=O) groups excluding carboxylic acids is 2. The Morgan fingerprint density at radius 3 is 2.36 bits per heavy atom. The van der Waals surface area contributed by atoms with Gasteiger partial charge in [0.1, 0.15) is 0 Å². The van der Waals surface area contributed by atoms with Crippen LogP contribution in [0.3, 0.4) is 0 Å². The quantitative estimate of drug-likeness (QED) is 0.388. The number of benzene rings is 2. The van der Waals surface area contributed by atoms with Crippen molar-refractivity contribution in [3.8, 4) is 0 Å². The van der Waals surface area contributed by atoms with E-state index >= 15 is 0 Å². The normalized spacial score (nSPS) is 10.9. The average Bonchev–Trinajstić information content (AvgIpc) is 2.76. The van der Waals surface area contributed by atoms with Crippen molar-refractivity contribution >= 4 is 29.3 Å². The van der Waals surface area contributed by atoms with Gasteiger partial charge in [-0.05, 0) is 48.0 Å². The molecule has 0 fully saturated rings. The molecule has 0 aliphatic carbocycles. The van der Waals surface area contributed by atoms with Gasteiger partial charge in [-0.25, -0.2) is 10.3 Å². The molecule has 1 aromatic heterocycles. The molecule has 0 saturated heterocycles. The fraction of sp³-hybridized carbons (Fsp3) is 0. The van der Waals surface area contributed by atoms with Gasteiger partial charge in [0.15, 0.2) is 0 Å². The van der Waals surface area contributed by atoms with Gasteiger partial charge >= 0.3 is 5.97 Å². The molecule has 0 unspecified atom stereocenters. The zero-order valence-electron chi connectivity index (χ0n) is 14.7. The van der Waals surface area contributed by atoms with Gasteiger partial charge in [0.05, 0.1) is 11.4 Å². The van der Waals surface area contributed by atoms with Crippen molar-refractivity contribution in [1.82, 2.24) is 4.98 Å². The van der Waals surface area contributed by atoms with E-state index in [1.807, 2.05) is 30.3 Å². The van der Waals surface area contributed by atoms with E-state index in [0.29, 0.717) is 16.9 Å². The maximum absolute atomic E-state index is 11.9. The monoisotopic (exact) mass is 372 g/mol. The lowest BCUT2D eigenvalue weighted by Gasteiger charge is -2.04. The molecule has 0 spiro atoms. The molecule has 7 heteroatoms. The Balaban J connectivity index is 1.50. The summed E-state index contributed by atoms with van der Waals surface area (Å²) >= 11 is 0. The number of carbonyl (C=O) groups is 2. The van der Waals surface area contributed by atoms with Crippen LogP contribution in [0.25, 0.3) is 6.08 Å². The molecular formula is C21H16N4O3. The van der Waals surface area contributed by atoms with Crippen molar-refractivity contribution in [3.63, 3.8) is 0 Å². The van der Waals surface area contributed by atoms with Crippen LogP contribution in [0.1, 0.15) is 15.9 Å². The molecule has 0 aliphatic rings. The smallest absolute Gasteiger partial charge is 0.339 e. The second-order valence-corrected chi connectivity index (χ2v) is 5.56. The van der Waals surface area contributed by atoms with Crippen molar-refractivity contribution < 1.29 is 14.4 Å². The fourth-order valence-corrected chi connectivity index (χ4v) is 2.12. The number of azo groups is 1.